The summed E-state index contributed by atoms with van der Waals surface area (Å²) >= 11 is 0. The molecule has 1 aromatic heterocycles. The lowest BCUT2D eigenvalue weighted by atomic mass is 10.1. The molecule has 2 rings (SSSR count). The molecule has 0 radical (unpaired) electrons. The number of methoxy groups -OCH3 is 1. The van der Waals surface area contributed by atoms with Crippen LogP contribution in [0, 0.1) is 5.82 Å². The van der Waals surface area contributed by atoms with E-state index in [1.165, 1.54) is 7.11 Å². The average Bonchev–Trinajstić information content (AvgIpc) is 2.92. The van der Waals surface area contributed by atoms with Gasteiger partial charge in [0, 0.05) is 12.0 Å². The van der Waals surface area contributed by atoms with Crippen molar-refractivity contribution in [3.05, 3.63) is 41.5 Å². The summed E-state index contributed by atoms with van der Waals surface area (Å²) in [7, 11) is 1.25. The number of benzene rings is 1. The average molecular weight is 314 g/mol. The van der Waals surface area contributed by atoms with Gasteiger partial charge in [0.2, 0.25) is 0 Å². The van der Waals surface area contributed by atoms with Crippen molar-refractivity contribution in [2.24, 2.45) is 0 Å². The number of carbonyl (C=O) groups is 1. The van der Waals surface area contributed by atoms with E-state index in [4.69, 9.17) is 0 Å². The summed E-state index contributed by atoms with van der Waals surface area (Å²) in [5.74, 6) is -4.15. The van der Waals surface area contributed by atoms with E-state index in [-0.39, 0.29) is 24.2 Å². The zero-order chi connectivity index (χ0) is 16.2. The molecule has 0 aliphatic rings. The fourth-order valence-electron chi connectivity index (χ4n) is 1.72. The Bertz CT molecular complexity index is 643. The maximum absolute atomic E-state index is 14.0. The number of ether oxygens (including phenoxy) is 1. The van der Waals surface area contributed by atoms with Crippen LogP contribution in [0.25, 0.3) is 0 Å². The van der Waals surface area contributed by atoms with Crippen molar-refractivity contribution in [2.75, 3.05) is 7.11 Å². The first-order valence-corrected chi connectivity index (χ1v) is 6.38. The van der Waals surface area contributed by atoms with Crippen LogP contribution >= 0.6 is 0 Å². The number of carbonyl (C=O) groups excluding carboxylic acids is 1. The van der Waals surface area contributed by atoms with Crippen LogP contribution < -0.4 is 0 Å². The van der Waals surface area contributed by atoms with Crippen LogP contribution in [0.1, 0.15) is 17.8 Å². The second-order valence-electron chi connectivity index (χ2n) is 4.52. The molecule has 0 spiro atoms. The Labute approximate surface area is 123 Å². The van der Waals surface area contributed by atoms with Gasteiger partial charge in [-0.1, -0.05) is 12.1 Å². The smallest absolute Gasteiger partial charge is 0.305 e. The Balaban J connectivity index is 2.02. The van der Waals surface area contributed by atoms with E-state index in [0.29, 0.717) is 0 Å². The van der Waals surface area contributed by atoms with E-state index in [1.54, 1.807) is 0 Å². The fourth-order valence-corrected chi connectivity index (χ4v) is 1.72. The van der Waals surface area contributed by atoms with Gasteiger partial charge in [0.25, 0.3) is 5.92 Å². The zero-order valence-corrected chi connectivity index (χ0v) is 11.7. The molecule has 0 amide bonds. The minimum Gasteiger partial charge on any atom is -0.469 e. The van der Waals surface area contributed by atoms with Crippen molar-refractivity contribution in [1.29, 1.82) is 0 Å². The molecule has 0 aliphatic heterocycles. The van der Waals surface area contributed by atoms with Gasteiger partial charge in [0.15, 0.2) is 5.82 Å². The van der Waals surface area contributed by atoms with E-state index in [2.05, 4.69) is 20.1 Å². The summed E-state index contributed by atoms with van der Waals surface area (Å²) in [4.78, 5) is 11.7. The molecule has 0 fully saturated rings. The molecule has 0 bridgehead atoms. The van der Waals surface area contributed by atoms with Gasteiger partial charge in [0.05, 0.1) is 13.5 Å². The standard InChI is InChI=1S/C13H13F3N4O2/c1-22-12(21)7-6-11-17-19-20(18-11)8-13(15,16)9-2-4-10(14)5-3-9/h2-5H,6-8H2,1H3. The van der Waals surface area contributed by atoms with E-state index >= 15 is 0 Å². The van der Waals surface area contributed by atoms with Gasteiger partial charge >= 0.3 is 5.97 Å². The Morgan fingerprint density at radius 3 is 2.64 bits per heavy atom. The highest BCUT2D eigenvalue weighted by atomic mass is 19.3. The Morgan fingerprint density at radius 1 is 1.32 bits per heavy atom. The van der Waals surface area contributed by atoms with E-state index in [9.17, 15) is 18.0 Å². The lowest BCUT2D eigenvalue weighted by Gasteiger charge is -2.15. The number of aromatic nitrogens is 4. The third kappa shape index (κ3) is 4.03. The van der Waals surface area contributed by atoms with Crippen LogP contribution in [-0.2, 0) is 28.4 Å². The van der Waals surface area contributed by atoms with Gasteiger partial charge in [-0.2, -0.15) is 13.6 Å². The quantitative estimate of drug-likeness (QED) is 0.759. The number of rotatable bonds is 6. The molecule has 9 heteroatoms. The minimum atomic E-state index is -3.27. The Kier molecular flexibility index (Phi) is 4.74. The van der Waals surface area contributed by atoms with Gasteiger partial charge in [-0.3, -0.25) is 4.79 Å². The molecule has 2 aromatic rings. The predicted molar refractivity (Wildman–Crippen MR) is 68.4 cm³/mol. The molecule has 0 N–H and O–H groups in total. The molecular formula is C13H13F3N4O2. The number of tetrazole rings is 1. The molecule has 0 saturated carbocycles. The lowest BCUT2D eigenvalue weighted by molar-refractivity contribution is -0.140. The molecule has 1 heterocycles. The highest BCUT2D eigenvalue weighted by molar-refractivity contribution is 5.69. The van der Waals surface area contributed by atoms with Gasteiger partial charge in [-0.15, -0.1) is 10.2 Å². The number of hydrogen-bond donors (Lipinski definition) is 0. The van der Waals surface area contributed by atoms with Crippen LogP contribution in [-0.4, -0.2) is 33.3 Å². The SMILES string of the molecule is COC(=O)CCc1nnn(CC(F)(F)c2ccc(F)cc2)n1. The largest absolute Gasteiger partial charge is 0.469 e. The third-order valence-corrected chi connectivity index (χ3v) is 2.88. The maximum Gasteiger partial charge on any atom is 0.305 e. The number of halogens is 3. The van der Waals surface area contributed by atoms with E-state index in [1.807, 2.05) is 0 Å². The molecular weight excluding hydrogens is 301 g/mol. The van der Waals surface area contributed by atoms with Crippen molar-refractivity contribution >= 4 is 5.97 Å². The first kappa shape index (κ1) is 15.9. The fraction of sp³-hybridized carbons (Fsp3) is 0.385. The second kappa shape index (κ2) is 6.54. The molecule has 118 valence electrons. The second-order valence-corrected chi connectivity index (χ2v) is 4.52. The zero-order valence-electron chi connectivity index (χ0n) is 11.7. The molecule has 0 unspecified atom stereocenters. The normalized spacial score (nSPS) is 11.5. The van der Waals surface area contributed by atoms with Crippen molar-refractivity contribution in [2.45, 2.75) is 25.3 Å². The van der Waals surface area contributed by atoms with Gasteiger partial charge in [-0.05, 0) is 17.3 Å². The van der Waals surface area contributed by atoms with Crippen LogP contribution in [0.3, 0.4) is 0 Å². The van der Waals surface area contributed by atoms with E-state index < -0.39 is 24.3 Å². The Hall–Kier alpha value is -2.45. The number of aryl methyl sites for hydroxylation is 1. The first-order chi connectivity index (χ1) is 10.4. The van der Waals surface area contributed by atoms with Crippen molar-refractivity contribution in [1.82, 2.24) is 20.2 Å². The van der Waals surface area contributed by atoms with Crippen molar-refractivity contribution < 1.29 is 22.7 Å². The summed E-state index contributed by atoms with van der Waals surface area (Å²) < 4.78 is 45.3. The van der Waals surface area contributed by atoms with Crippen LogP contribution in [0.5, 0.6) is 0 Å². The summed E-state index contributed by atoms with van der Waals surface area (Å²) in [6.07, 6.45) is 0.186. The van der Waals surface area contributed by atoms with Crippen molar-refractivity contribution in [3.8, 4) is 0 Å². The van der Waals surface area contributed by atoms with Gasteiger partial charge < -0.3 is 4.74 Å². The van der Waals surface area contributed by atoms with Crippen LogP contribution in [0.2, 0.25) is 0 Å². The number of alkyl halides is 2. The summed E-state index contributed by atoms with van der Waals surface area (Å²) in [5.41, 5.74) is -0.345. The summed E-state index contributed by atoms with van der Waals surface area (Å²) in [6, 6.07) is 3.93. The van der Waals surface area contributed by atoms with Gasteiger partial charge in [-0.25, -0.2) is 4.39 Å². The van der Waals surface area contributed by atoms with Gasteiger partial charge in [0.1, 0.15) is 12.4 Å². The molecule has 0 aliphatic carbocycles. The molecule has 6 nitrogen and oxygen atoms in total. The number of nitrogens with zero attached hydrogens (tertiary/aromatic N) is 4. The first-order valence-electron chi connectivity index (χ1n) is 6.38. The highest BCUT2D eigenvalue weighted by Gasteiger charge is 2.33. The highest BCUT2D eigenvalue weighted by Crippen LogP contribution is 2.29. The number of hydrogen-bond acceptors (Lipinski definition) is 5. The third-order valence-electron chi connectivity index (χ3n) is 2.88. The molecule has 1 aromatic carbocycles. The predicted octanol–water partition coefficient (Wildman–Crippen LogP) is 1.71. The van der Waals surface area contributed by atoms with E-state index in [0.717, 1.165) is 29.1 Å². The summed E-state index contributed by atoms with van der Waals surface area (Å²) in [5, 5.41) is 10.9. The van der Waals surface area contributed by atoms with Crippen LogP contribution in [0.4, 0.5) is 13.2 Å². The molecule has 22 heavy (non-hydrogen) atoms. The topological polar surface area (TPSA) is 69.9 Å². The number of esters is 1. The summed E-state index contributed by atoms with van der Waals surface area (Å²) in [6.45, 7) is -0.830. The molecule has 0 atom stereocenters. The lowest BCUT2D eigenvalue weighted by Crippen LogP contribution is -2.23. The van der Waals surface area contributed by atoms with Crippen molar-refractivity contribution in [3.63, 3.8) is 0 Å². The van der Waals surface area contributed by atoms with Crippen LogP contribution in [0.15, 0.2) is 24.3 Å². The molecule has 0 saturated heterocycles. The Morgan fingerprint density at radius 2 is 2.00 bits per heavy atom. The monoisotopic (exact) mass is 314 g/mol. The maximum atomic E-state index is 14.0. The minimum absolute atomic E-state index is 0.0382.